The van der Waals surface area contributed by atoms with E-state index in [9.17, 15) is 9.90 Å². The molecule has 0 radical (unpaired) electrons. The third-order valence-corrected chi connectivity index (χ3v) is 4.91. The highest BCUT2D eigenvalue weighted by Gasteiger charge is 2.32. The number of rotatable bonds is 5. The van der Waals surface area contributed by atoms with Crippen LogP contribution in [0, 0.1) is 24.2 Å². The number of carbonyl (C=O) groups is 1. The topological polar surface area (TPSA) is 67.6 Å². The lowest BCUT2D eigenvalue weighted by Gasteiger charge is -2.39. The number of nitriles is 1. The second kappa shape index (κ2) is 8.27. The summed E-state index contributed by atoms with van der Waals surface area (Å²) in [5.41, 5.74) is 1.95. The number of benzene rings is 1. The molecule has 1 aliphatic heterocycles. The Kier molecular flexibility index (Phi) is 6.36. The maximum atomic E-state index is 13.0. The third kappa shape index (κ3) is 4.34. The van der Waals surface area contributed by atoms with Crippen molar-refractivity contribution in [3.8, 4) is 6.07 Å². The van der Waals surface area contributed by atoms with E-state index >= 15 is 0 Å². The molecule has 1 heterocycles. The van der Waals surface area contributed by atoms with Gasteiger partial charge in [0.25, 0.3) is 0 Å². The summed E-state index contributed by atoms with van der Waals surface area (Å²) in [5, 5.41) is 19.0. The standard InChI is InChI=1S/C19H27N3O2/c1-14-5-7-17(8-6-14)22(11-4-10-20)19(24)16(3)21-12-9-15(2)18(23)13-21/h5-8,15-16,18,23H,4,9,11-13H2,1-3H3. The number of β-amino-alcohol motifs (C(OH)–C–C–N with tert-alkyl or cyclic N) is 1. The van der Waals surface area contributed by atoms with Crippen LogP contribution in [0.3, 0.4) is 0 Å². The van der Waals surface area contributed by atoms with Gasteiger partial charge in [-0.15, -0.1) is 0 Å². The van der Waals surface area contributed by atoms with Gasteiger partial charge in [-0.2, -0.15) is 5.26 Å². The number of likely N-dealkylation sites (tertiary alicyclic amines) is 1. The summed E-state index contributed by atoms with van der Waals surface area (Å²) in [7, 11) is 0. The van der Waals surface area contributed by atoms with Crippen LogP contribution in [-0.2, 0) is 4.79 Å². The molecule has 1 N–H and O–H groups in total. The van der Waals surface area contributed by atoms with Gasteiger partial charge in [-0.05, 0) is 44.9 Å². The number of anilines is 1. The summed E-state index contributed by atoms with van der Waals surface area (Å²) in [6.45, 7) is 7.65. The Hall–Kier alpha value is -1.90. The summed E-state index contributed by atoms with van der Waals surface area (Å²) in [4.78, 5) is 16.7. The molecule has 1 aromatic carbocycles. The van der Waals surface area contributed by atoms with Gasteiger partial charge in [0.1, 0.15) is 0 Å². The molecule has 1 fully saturated rings. The molecule has 24 heavy (non-hydrogen) atoms. The highest BCUT2D eigenvalue weighted by Crippen LogP contribution is 2.22. The van der Waals surface area contributed by atoms with E-state index in [0.717, 1.165) is 24.2 Å². The van der Waals surface area contributed by atoms with Crippen molar-refractivity contribution in [2.75, 3.05) is 24.5 Å². The lowest BCUT2D eigenvalue weighted by atomic mass is 9.95. The van der Waals surface area contributed by atoms with E-state index in [4.69, 9.17) is 5.26 Å². The fourth-order valence-corrected chi connectivity index (χ4v) is 3.06. The molecule has 0 aromatic heterocycles. The number of hydrogen-bond donors (Lipinski definition) is 1. The Bertz CT molecular complexity index is 594. The second-order valence-corrected chi connectivity index (χ2v) is 6.74. The number of nitrogens with zero attached hydrogens (tertiary/aromatic N) is 3. The predicted molar refractivity (Wildman–Crippen MR) is 94.6 cm³/mol. The Labute approximate surface area is 144 Å². The van der Waals surface area contributed by atoms with Gasteiger partial charge < -0.3 is 10.0 Å². The summed E-state index contributed by atoms with van der Waals surface area (Å²) in [6.07, 6.45) is 0.800. The van der Waals surface area contributed by atoms with Crippen molar-refractivity contribution in [2.24, 2.45) is 5.92 Å². The lowest BCUT2D eigenvalue weighted by molar-refractivity contribution is -0.124. The quantitative estimate of drug-likeness (QED) is 0.900. The lowest BCUT2D eigenvalue weighted by Crippen LogP contribution is -2.53. The maximum absolute atomic E-state index is 13.0. The molecule has 3 unspecified atom stereocenters. The first-order valence-electron chi connectivity index (χ1n) is 8.61. The van der Waals surface area contributed by atoms with Crippen LogP contribution in [-0.4, -0.2) is 47.7 Å². The number of hydrogen-bond acceptors (Lipinski definition) is 4. The number of amides is 1. The van der Waals surface area contributed by atoms with Crippen LogP contribution in [0.1, 0.15) is 32.3 Å². The van der Waals surface area contributed by atoms with Crippen LogP contribution in [0.15, 0.2) is 24.3 Å². The zero-order chi connectivity index (χ0) is 17.7. The molecule has 2 rings (SSSR count). The Morgan fingerprint density at radius 2 is 2.12 bits per heavy atom. The van der Waals surface area contributed by atoms with Gasteiger partial charge in [0.05, 0.1) is 24.6 Å². The van der Waals surface area contributed by atoms with E-state index in [1.807, 2.05) is 49.9 Å². The fraction of sp³-hybridized carbons (Fsp3) is 0.579. The Balaban J connectivity index is 2.14. The highest BCUT2D eigenvalue weighted by molar-refractivity contribution is 5.97. The van der Waals surface area contributed by atoms with Gasteiger partial charge in [0, 0.05) is 18.8 Å². The molecule has 130 valence electrons. The second-order valence-electron chi connectivity index (χ2n) is 6.74. The van der Waals surface area contributed by atoms with Gasteiger partial charge in [-0.3, -0.25) is 9.69 Å². The van der Waals surface area contributed by atoms with E-state index in [1.165, 1.54) is 0 Å². The van der Waals surface area contributed by atoms with Crippen molar-refractivity contribution in [3.05, 3.63) is 29.8 Å². The maximum Gasteiger partial charge on any atom is 0.244 e. The Morgan fingerprint density at radius 3 is 2.71 bits per heavy atom. The van der Waals surface area contributed by atoms with Crippen LogP contribution < -0.4 is 4.90 Å². The van der Waals surface area contributed by atoms with Gasteiger partial charge in [-0.1, -0.05) is 24.6 Å². The van der Waals surface area contributed by atoms with Crippen molar-refractivity contribution in [3.63, 3.8) is 0 Å². The van der Waals surface area contributed by atoms with E-state index in [-0.39, 0.29) is 24.0 Å². The molecule has 0 aliphatic carbocycles. The summed E-state index contributed by atoms with van der Waals surface area (Å²) < 4.78 is 0. The SMILES string of the molecule is Cc1ccc(N(CCC#N)C(=O)C(C)N2CCC(C)C(O)C2)cc1. The van der Waals surface area contributed by atoms with Gasteiger partial charge in [-0.25, -0.2) is 0 Å². The number of aliphatic hydroxyl groups excluding tert-OH is 1. The smallest absolute Gasteiger partial charge is 0.244 e. The minimum Gasteiger partial charge on any atom is -0.392 e. The largest absolute Gasteiger partial charge is 0.392 e. The minimum absolute atomic E-state index is 0.0177. The van der Waals surface area contributed by atoms with E-state index in [2.05, 4.69) is 6.07 Å². The zero-order valence-electron chi connectivity index (χ0n) is 14.8. The first-order chi connectivity index (χ1) is 11.4. The number of piperidine rings is 1. The Morgan fingerprint density at radius 1 is 1.46 bits per heavy atom. The first-order valence-corrected chi connectivity index (χ1v) is 8.61. The van der Waals surface area contributed by atoms with Crippen molar-refractivity contribution < 1.29 is 9.90 Å². The van der Waals surface area contributed by atoms with E-state index < -0.39 is 0 Å². The highest BCUT2D eigenvalue weighted by atomic mass is 16.3. The summed E-state index contributed by atoms with van der Waals surface area (Å²) >= 11 is 0. The van der Waals surface area contributed by atoms with Crippen molar-refractivity contribution in [1.82, 2.24) is 4.90 Å². The molecule has 1 amide bonds. The molecular formula is C19H27N3O2. The molecule has 1 aromatic rings. The molecule has 5 heteroatoms. The normalized spacial score (nSPS) is 22.6. The average Bonchev–Trinajstić information content (AvgIpc) is 2.58. The van der Waals surface area contributed by atoms with Gasteiger partial charge in [0.15, 0.2) is 0 Å². The van der Waals surface area contributed by atoms with E-state index in [1.54, 1.807) is 4.90 Å². The summed E-state index contributed by atoms with van der Waals surface area (Å²) in [5.74, 6) is 0.256. The van der Waals surface area contributed by atoms with Gasteiger partial charge in [0.2, 0.25) is 5.91 Å². The molecule has 0 saturated carbocycles. The number of aryl methyl sites for hydroxylation is 1. The average molecular weight is 329 g/mol. The van der Waals surface area contributed by atoms with E-state index in [0.29, 0.717) is 19.5 Å². The van der Waals surface area contributed by atoms with Crippen LogP contribution >= 0.6 is 0 Å². The fourth-order valence-electron chi connectivity index (χ4n) is 3.06. The zero-order valence-corrected chi connectivity index (χ0v) is 14.8. The van der Waals surface area contributed by atoms with Crippen LogP contribution in [0.25, 0.3) is 0 Å². The van der Waals surface area contributed by atoms with Crippen LogP contribution in [0.2, 0.25) is 0 Å². The van der Waals surface area contributed by atoms with Gasteiger partial charge >= 0.3 is 0 Å². The third-order valence-electron chi connectivity index (χ3n) is 4.91. The van der Waals surface area contributed by atoms with Crippen molar-refractivity contribution in [2.45, 2.75) is 45.8 Å². The first kappa shape index (κ1) is 18.4. The number of aliphatic hydroxyl groups is 1. The molecular weight excluding hydrogens is 302 g/mol. The monoisotopic (exact) mass is 329 g/mol. The molecule has 0 spiro atoms. The van der Waals surface area contributed by atoms with Crippen molar-refractivity contribution >= 4 is 11.6 Å². The van der Waals surface area contributed by atoms with Crippen LogP contribution in [0.5, 0.6) is 0 Å². The molecule has 3 atom stereocenters. The summed E-state index contributed by atoms with van der Waals surface area (Å²) in [6, 6.07) is 9.59. The van der Waals surface area contributed by atoms with Crippen molar-refractivity contribution in [1.29, 1.82) is 5.26 Å². The predicted octanol–water partition coefficient (Wildman–Crippen LogP) is 2.33. The molecule has 5 nitrogen and oxygen atoms in total. The molecule has 1 aliphatic rings. The number of carbonyl (C=O) groups excluding carboxylic acids is 1. The minimum atomic E-state index is -0.388. The van der Waals surface area contributed by atoms with Crippen LogP contribution in [0.4, 0.5) is 5.69 Å². The molecule has 0 bridgehead atoms. The molecule has 1 saturated heterocycles.